The minimum Gasteiger partial charge on any atom is -0.490 e. The van der Waals surface area contributed by atoms with E-state index >= 15 is 0 Å². The van der Waals surface area contributed by atoms with E-state index in [2.05, 4.69) is 0 Å². The van der Waals surface area contributed by atoms with E-state index in [9.17, 15) is 9.59 Å². The Balaban J connectivity index is 1.78. The normalized spacial score (nSPS) is 15.0. The summed E-state index contributed by atoms with van der Waals surface area (Å²) in [6.45, 7) is 6.73. The minimum absolute atomic E-state index is 0.0713. The fourth-order valence-corrected chi connectivity index (χ4v) is 4.52. The van der Waals surface area contributed by atoms with Gasteiger partial charge in [0.15, 0.2) is 16.9 Å². The average molecular weight is 456 g/mol. The molecule has 1 amide bonds. The number of benzene rings is 3. The van der Waals surface area contributed by atoms with Crippen molar-refractivity contribution < 1.29 is 18.7 Å². The molecule has 6 heteroatoms. The van der Waals surface area contributed by atoms with Gasteiger partial charge in [-0.2, -0.15) is 0 Å². The van der Waals surface area contributed by atoms with Gasteiger partial charge in [0.1, 0.15) is 5.58 Å². The van der Waals surface area contributed by atoms with Crippen LogP contribution in [0.15, 0.2) is 75.9 Å². The van der Waals surface area contributed by atoms with Crippen LogP contribution in [0.1, 0.15) is 47.1 Å². The Bertz CT molecular complexity index is 1460. The van der Waals surface area contributed by atoms with E-state index in [1.165, 1.54) is 0 Å². The molecule has 2 heterocycles. The third kappa shape index (κ3) is 3.52. The summed E-state index contributed by atoms with van der Waals surface area (Å²) in [6, 6.07) is 19.5. The molecule has 6 nitrogen and oxygen atoms in total. The number of hydrogen-bond acceptors (Lipinski definition) is 5. The van der Waals surface area contributed by atoms with E-state index in [1.54, 1.807) is 29.2 Å². The quantitative estimate of drug-likeness (QED) is 0.376. The molecule has 0 N–H and O–H groups in total. The van der Waals surface area contributed by atoms with Crippen LogP contribution in [0.3, 0.4) is 0 Å². The molecule has 172 valence electrons. The number of anilines is 1. The highest BCUT2D eigenvalue weighted by molar-refractivity contribution is 6.10. The minimum atomic E-state index is -0.667. The van der Waals surface area contributed by atoms with Gasteiger partial charge < -0.3 is 13.9 Å². The van der Waals surface area contributed by atoms with Gasteiger partial charge in [-0.05, 0) is 68.3 Å². The number of carbonyl (C=O) groups excluding carboxylic acids is 1. The Morgan fingerprint density at radius 1 is 0.882 bits per heavy atom. The molecule has 0 bridgehead atoms. The number of para-hydroxylation sites is 1. The maximum absolute atomic E-state index is 13.7. The zero-order valence-corrected chi connectivity index (χ0v) is 19.3. The first-order valence-corrected chi connectivity index (χ1v) is 11.4. The molecular formula is C28H25NO5. The number of amides is 1. The van der Waals surface area contributed by atoms with Gasteiger partial charge >= 0.3 is 0 Å². The zero-order chi connectivity index (χ0) is 23.8. The molecule has 0 saturated carbocycles. The lowest BCUT2D eigenvalue weighted by Gasteiger charge is -2.26. The van der Waals surface area contributed by atoms with Gasteiger partial charge in [-0.15, -0.1) is 0 Å². The highest BCUT2D eigenvalue weighted by Crippen LogP contribution is 2.43. The van der Waals surface area contributed by atoms with Gasteiger partial charge in [-0.3, -0.25) is 14.5 Å². The second-order valence-corrected chi connectivity index (χ2v) is 8.16. The molecule has 5 rings (SSSR count). The molecule has 1 unspecified atom stereocenters. The summed E-state index contributed by atoms with van der Waals surface area (Å²) in [5.74, 6) is 0.907. The molecule has 0 saturated heterocycles. The smallest absolute Gasteiger partial charge is 0.295 e. The van der Waals surface area contributed by atoms with Crippen molar-refractivity contribution in [3.05, 3.63) is 99.4 Å². The lowest BCUT2D eigenvalue weighted by molar-refractivity contribution is 0.0971. The monoisotopic (exact) mass is 455 g/mol. The number of hydrogen-bond donors (Lipinski definition) is 0. The van der Waals surface area contributed by atoms with Crippen LogP contribution in [-0.4, -0.2) is 19.1 Å². The molecule has 0 fully saturated rings. The van der Waals surface area contributed by atoms with Crippen molar-refractivity contribution in [2.45, 2.75) is 26.8 Å². The van der Waals surface area contributed by atoms with Crippen molar-refractivity contribution in [1.82, 2.24) is 0 Å². The first-order chi connectivity index (χ1) is 16.5. The van der Waals surface area contributed by atoms with Gasteiger partial charge in [-0.25, -0.2) is 0 Å². The van der Waals surface area contributed by atoms with E-state index in [0.29, 0.717) is 46.9 Å². The summed E-state index contributed by atoms with van der Waals surface area (Å²) in [6.07, 6.45) is 0. The van der Waals surface area contributed by atoms with Gasteiger partial charge in [0.05, 0.1) is 30.2 Å². The van der Waals surface area contributed by atoms with Crippen molar-refractivity contribution >= 4 is 22.6 Å². The topological polar surface area (TPSA) is 69.0 Å². The number of carbonyl (C=O) groups is 1. The lowest BCUT2D eigenvalue weighted by atomic mass is 9.97. The Labute approximate surface area is 197 Å². The van der Waals surface area contributed by atoms with Crippen molar-refractivity contribution in [2.75, 3.05) is 18.1 Å². The Morgan fingerprint density at radius 3 is 2.41 bits per heavy atom. The maximum Gasteiger partial charge on any atom is 0.295 e. The third-order valence-corrected chi connectivity index (χ3v) is 5.94. The number of fused-ring (bicyclic) bond motifs is 2. The molecule has 34 heavy (non-hydrogen) atoms. The van der Waals surface area contributed by atoms with Crippen LogP contribution in [0.4, 0.5) is 5.69 Å². The molecule has 0 spiro atoms. The predicted octanol–water partition coefficient (Wildman–Crippen LogP) is 5.65. The summed E-state index contributed by atoms with van der Waals surface area (Å²) >= 11 is 0. The van der Waals surface area contributed by atoms with E-state index in [-0.39, 0.29) is 17.1 Å². The van der Waals surface area contributed by atoms with Crippen molar-refractivity contribution in [1.29, 1.82) is 0 Å². The van der Waals surface area contributed by atoms with E-state index in [4.69, 9.17) is 13.9 Å². The van der Waals surface area contributed by atoms with Gasteiger partial charge in [0.25, 0.3) is 5.91 Å². The Hall–Kier alpha value is -4.06. The van der Waals surface area contributed by atoms with E-state index in [0.717, 1.165) is 11.1 Å². The van der Waals surface area contributed by atoms with Gasteiger partial charge in [0, 0.05) is 5.69 Å². The second-order valence-electron chi connectivity index (χ2n) is 8.16. The standard InChI is InChI=1S/C28H25NO5/c1-4-32-22-14-13-18(16-23(22)33-5-2)25-24-26(30)20-11-6-7-12-21(20)34-27(24)28(31)29(25)19-10-8-9-17(3)15-19/h6-16,25H,4-5H2,1-3H3. The van der Waals surface area contributed by atoms with Crippen molar-refractivity contribution in [2.24, 2.45) is 0 Å². The summed E-state index contributed by atoms with van der Waals surface area (Å²) in [4.78, 5) is 29.0. The highest BCUT2D eigenvalue weighted by Gasteiger charge is 2.44. The molecule has 3 aromatic carbocycles. The average Bonchev–Trinajstić information content (AvgIpc) is 3.13. The lowest BCUT2D eigenvalue weighted by Crippen LogP contribution is -2.29. The molecule has 0 aliphatic carbocycles. The highest BCUT2D eigenvalue weighted by atomic mass is 16.5. The third-order valence-electron chi connectivity index (χ3n) is 5.94. The van der Waals surface area contributed by atoms with Crippen LogP contribution in [0.5, 0.6) is 11.5 Å². The van der Waals surface area contributed by atoms with E-state index < -0.39 is 6.04 Å². The van der Waals surface area contributed by atoms with Crippen LogP contribution in [0.2, 0.25) is 0 Å². The largest absolute Gasteiger partial charge is 0.490 e. The number of rotatable bonds is 6. The molecule has 1 aliphatic heterocycles. The van der Waals surface area contributed by atoms with Crippen LogP contribution in [0.25, 0.3) is 11.0 Å². The first kappa shape index (κ1) is 21.8. The Morgan fingerprint density at radius 2 is 1.65 bits per heavy atom. The number of nitrogens with zero attached hydrogens (tertiary/aromatic N) is 1. The second kappa shape index (κ2) is 8.71. The Kier molecular flexibility index (Phi) is 5.57. The molecule has 0 radical (unpaired) electrons. The number of ether oxygens (including phenoxy) is 2. The fraction of sp³-hybridized carbons (Fsp3) is 0.214. The van der Waals surface area contributed by atoms with Crippen molar-refractivity contribution in [3.8, 4) is 11.5 Å². The van der Waals surface area contributed by atoms with E-state index in [1.807, 2.05) is 63.2 Å². The molecule has 1 aliphatic rings. The van der Waals surface area contributed by atoms with Crippen LogP contribution in [-0.2, 0) is 0 Å². The van der Waals surface area contributed by atoms with Crippen LogP contribution < -0.4 is 19.8 Å². The number of aryl methyl sites for hydroxylation is 1. The van der Waals surface area contributed by atoms with Crippen LogP contribution >= 0.6 is 0 Å². The summed E-state index contributed by atoms with van der Waals surface area (Å²) in [5.41, 5.74) is 2.95. The summed E-state index contributed by atoms with van der Waals surface area (Å²) in [5, 5.41) is 0.445. The summed E-state index contributed by atoms with van der Waals surface area (Å²) in [7, 11) is 0. The molecule has 4 aromatic rings. The molecule has 1 atom stereocenters. The summed E-state index contributed by atoms with van der Waals surface area (Å²) < 4.78 is 17.6. The predicted molar refractivity (Wildman–Crippen MR) is 131 cm³/mol. The van der Waals surface area contributed by atoms with Gasteiger partial charge in [0.2, 0.25) is 5.76 Å². The fourth-order valence-electron chi connectivity index (χ4n) is 4.52. The zero-order valence-electron chi connectivity index (χ0n) is 19.3. The van der Waals surface area contributed by atoms with Crippen molar-refractivity contribution in [3.63, 3.8) is 0 Å². The van der Waals surface area contributed by atoms with Crippen LogP contribution in [0, 0.1) is 6.92 Å². The molecular weight excluding hydrogens is 430 g/mol. The first-order valence-electron chi connectivity index (χ1n) is 11.4. The SMILES string of the molecule is CCOc1ccc(C2c3c(oc4ccccc4c3=O)C(=O)N2c2cccc(C)c2)cc1OCC. The molecule has 1 aromatic heterocycles. The van der Waals surface area contributed by atoms with Gasteiger partial charge in [-0.1, -0.05) is 30.3 Å². The maximum atomic E-state index is 13.7.